The van der Waals surface area contributed by atoms with Gasteiger partial charge in [-0.05, 0) is 5.92 Å². The summed E-state index contributed by atoms with van der Waals surface area (Å²) in [5, 5.41) is 6.70. The van der Waals surface area contributed by atoms with E-state index in [1.807, 2.05) is 0 Å². The number of rotatable bonds is 0. The molecule has 2 aliphatic heterocycles. The summed E-state index contributed by atoms with van der Waals surface area (Å²) in [6.45, 7) is 3.25. The van der Waals surface area contributed by atoms with Gasteiger partial charge in [0, 0.05) is 25.6 Å². The molecule has 0 aromatic carbocycles. The predicted molar refractivity (Wildman–Crippen MR) is 47.5 cm³/mol. The van der Waals surface area contributed by atoms with E-state index in [2.05, 4.69) is 19.4 Å². The number of fused-ring (bicyclic) bond motifs is 3. The van der Waals surface area contributed by atoms with Crippen molar-refractivity contribution >= 4 is 17.5 Å². The standard InChI is InChI=1S/C7H10N4S/c1-4-2-9-7-6(10-12-11-7)5(4)3-8-1/h4-5,8H,1-3H2,(H,9,11). The van der Waals surface area contributed by atoms with Gasteiger partial charge >= 0.3 is 0 Å². The van der Waals surface area contributed by atoms with Crippen molar-refractivity contribution in [2.24, 2.45) is 5.92 Å². The van der Waals surface area contributed by atoms with E-state index in [0.29, 0.717) is 5.92 Å². The van der Waals surface area contributed by atoms with Gasteiger partial charge in [-0.2, -0.15) is 8.75 Å². The number of aromatic nitrogens is 2. The molecular weight excluding hydrogens is 172 g/mol. The van der Waals surface area contributed by atoms with Crippen molar-refractivity contribution in [1.29, 1.82) is 0 Å². The second kappa shape index (κ2) is 2.40. The molecule has 12 heavy (non-hydrogen) atoms. The molecule has 0 saturated carbocycles. The average Bonchev–Trinajstić information content (AvgIpc) is 2.71. The first-order valence-electron chi connectivity index (χ1n) is 4.22. The second-order valence-electron chi connectivity index (χ2n) is 3.40. The van der Waals surface area contributed by atoms with Crippen LogP contribution in [0.5, 0.6) is 0 Å². The van der Waals surface area contributed by atoms with E-state index in [9.17, 15) is 0 Å². The van der Waals surface area contributed by atoms with Crippen LogP contribution in [0.1, 0.15) is 11.6 Å². The monoisotopic (exact) mass is 182 g/mol. The van der Waals surface area contributed by atoms with E-state index in [1.165, 1.54) is 17.4 Å². The molecule has 1 aromatic heterocycles. The van der Waals surface area contributed by atoms with Crippen LogP contribution in [0.4, 0.5) is 5.82 Å². The van der Waals surface area contributed by atoms with Crippen molar-refractivity contribution < 1.29 is 0 Å². The smallest absolute Gasteiger partial charge is 0.163 e. The first kappa shape index (κ1) is 6.80. The molecule has 1 aromatic rings. The summed E-state index contributed by atoms with van der Waals surface area (Å²) in [7, 11) is 0. The van der Waals surface area contributed by atoms with E-state index >= 15 is 0 Å². The quantitative estimate of drug-likeness (QED) is 0.604. The van der Waals surface area contributed by atoms with Crippen LogP contribution in [0.3, 0.4) is 0 Å². The molecule has 0 amide bonds. The largest absolute Gasteiger partial charge is 0.367 e. The third-order valence-corrected chi connectivity index (χ3v) is 3.28. The van der Waals surface area contributed by atoms with Gasteiger partial charge in [-0.25, -0.2) is 0 Å². The van der Waals surface area contributed by atoms with Gasteiger partial charge in [0.2, 0.25) is 0 Å². The molecule has 1 fully saturated rings. The average molecular weight is 182 g/mol. The summed E-state index contributed by atoms with van der Waals surface area (Å²) in [4.78, 5) is 0. The fraction of sp³-hybridized carbons (Fsp3) is 0.714. The van der Waals surface area contributed by atoms with Gasteiger partial charge in [-0.3, -0.25) is 0 Å². The third kappa shape index (κ3) is 0.804. The van der Waals surface area contributed by atoms with Crippen LogP contribution < -0.4 is 10.6 Å². The number of anilines is 1. The summed E-state index contributed by atoms with van der Waals surface area (Å²) < 4.78 is 8.54. The molecule has 4 nitrogen and oxygen atoms in total. The highest BCUT2D eigenvalue weighted by atomic mass is 32.1. The molecule has 2 aliphatic rings. The zero-order valence-electron chi connectivity index (χ0n) is 6.58. The molecule has 5 heteroatoms. The van der Waals surface area contributed by atoms with Crippen molar-refractivity contribution in [1.82, 2.24) is 14.1 Å². The molecule has 2 N–H and O–H groups in total. The lowest BCUT2D eigenvalue weighted by Gasteiger charge is -2.23. The van der Waals surface area contributed by atoms with Gasteiger partial charge in [0.15, 0.2) is 5.82 Å². The molecule has 0 bridgehead atoms. The molecule has 1 saturated heterocycles. The Kier molecular flexibility index (Phi) is 1.36. The van der Waals surface area contributed by atoms with Crippen LogP contribution in [0.2, 0.25) is 0 Å². The third-order valence-electron chi connectivity index (χ3n) is 2.74. The summed E-state index contributed by atoms with van der Waals surface area (Å²) in [5.41, 5.74) is 1.18. The Morgan fingerprint density at radius 3 is 3.25 bits per heavy atom. The number of nitrogens with one attached hydrogen (secondary N) is 2. The second-order valence-corrected chi connectivity index (χ2v) is 3.93. The van der Waals surface area contributed by atoms with Crippen molar-refractivity contribution in [2.45, 2.75) is 5.92 Å². The summed E-state index contributed by atoms with van der Waals surface area (Å²) >= 11 is 1.31. The number of nitrogens with zero attached hydrogens (tertiary/aromatic N) is 2. The van der Waals surface area contributed by atoms with E-state index in [4.69, 9.17) is 0 Å². The van der Waals surface area contributed by atoms with Crippen LogP contribution in [0.15, 0.2) is 0 Å². The van der Waals surface area contributed by atoms with Crippen LogP contribution in [-0.4, -0.2) is 28.4 Å². The summed E-state index contributed by atoms with van der Waals surface area (Å²) in [5.74, 6) is 2.35. The summed E-state index contributed by atoms with van der Waals surface area (Å²) in [6.07, 6.45) is 0. The zero-order valence-corrected chi connectivity index (χ0v) is 7.40. The lowest BCUT2D eigenvalue weighted by molar-refractivity contribution is 0.521. The maximum Gasteiger partial charge on any atom is 0.163 e. The molecular formula is C7H10N4S. The molecule has 0 radical (unpaired) electrons. The normalized spacial score (nSPS) is 32.3. The minimum atomic E-state index is 0.611. The Morgan fingerprint density at radius 2 is 2.25 bits per heavy atom. The molecule has 2 unspecified atom stereocenters. The molecule has 0 aliphatic carbocycles. The maximum absolute atomic E-state index is 4.33. The van der Waals surface area contributed by atoms with Crippen LogP contribution in [0.25, 0.3) is 0 Å². The van der Waals surface area contributed by atoms with Crippen molar-refractivity contribution in [3.63, 3.8) is 0 Å². The fourth-order valence-electron chi connectivity index (χ4n) is 2.06. The molecule has 3 rings (SSSR count). The molecule has 2 atom stereocenters. The Balaban J connectivity index is 2.04. The minimum Gasteiger partial charge on any atom is -0.367 e. The fourth-order valence-corrected chi connectivity index (χ4v) is 2.65. The Labute approximate surface area is 74.7 Å². The van der Waals surface area contributed by atoms with Crippen molar-refractivity contribution in [3.05, 3.63) is 5.69 Å². The van der Waals surface area contributed by atoms with E-state index in [1.54, 1.807) is 0 Å². The van der Waals surface area contributed by atoms with Gasteiger partial charge in [-0.15, -0.1) is 0 Å². The van der Waals surface area contributed by atoms with Crippen LogP contribution in [0, 0.1) is 5.92 Å². The van der Waals surface area contributed by atoms with Crippen molar-refractivity contribution in [3.8, 4) is 0 Å². The highest BCUT2D eigenvalue weighted by molar-refractivity contribution is 6.99. The van der Waals surface area contributed by atoms with Crippen LogP contribution >= 0.6 is 11.7 Å². The Bertz CT molecular complexity index is 297. The zero-order chi connectivity index (χ0) is 7.97. The van der Waals surface area contributed by atoms with Gasteiger partial charge in [0.05, 0.1) is 11.7 Å². The lowest BCUT2D eigenvalue weighted by atomic mass is 9.90. The number of hydrogen-bond donors (Lipinski definition) is 2. The first-order valence-corrected chi connectivity index (χ1v) is 4.95. The van der Waals surface area contributed by atoms with Crippen LogP contribution in [-0.2, 0) is 0 Å². The Morgan fingerprint density at radius 1 is 1.25 bits per heavy atom. The SMILES string of the molecule is C1NCC2c3nsnc3NCC12. The summed E-state index contributed by atoms with van der Waals surface area (Å²) in [6, 6.07) is 0. The van der Waals surface area contributed by atoms with Gasteiger partial charge in [0.25, 0.3) is 0 Å². The van der Waals surface area contributed by atoms with Crippen molar-refractivity contribution in [2.75, 3.05) is 25.0 Å². The minimum absolute atomic E-state index is 0.611. The topological polar surface area (TPSA) is 49.8 Å². The molecule has 0 spiro atoms. The Hall–Kier alpha value is -0.680. The molecule has 3 heterocycles. The maximum atomic E-state index is 4.33. The highest BCUT2D eigenvalue weighted by Crippen LogP contribution is 2.35. The van der Waals surface area contributed by atoms with E-state index in [0.717, 1.165) is 31.4 Å². The first-order chi connectivity index (χ1) is 5.95. The van der Waals surface area contributed by atoms with E-state index in [-0.39, 0.29) is 0 Å². The van der Waals surface area contributed by atoms with Gasteiger partial charge in [-0.1, -0.05) is 0 Å². The van der Waals surface area contributed by atoms with Gasteiger partial charge < -0.3 is 10.6 Å². The lowest BCUT2D eigenvalue weighted by Crippen LogP contribution is -2.26. The van der Waals surface area contributed by atoms with Gasteiger partial charge in [0.1, 0.15) is 5.69 Å². The highest BCUT2D eigenvalue weighted by Gasteiger charge is 2.35. The predicted octanol–water partition coefficient (Wildman–Crippen LogP) is 0.267. The number of hydrogen-bond acceptors (Lipinski definition) is 5. The van der Waals surface area contributed by atoms with E-state index < -0.39 is 0 Å². The molecule has 64 valence electrons.